The Labute approximate surface area is 119 Å². The third-order valence-corrected chi connectivity index (χ3v) is 4.93. The SMILES string of the molecule is COCc1ccccc1C(O)C1(CN)CC2CCC1O2. The quantitative estimate of drug-likeness (QED) is 0.861. The number of fused-ring (bicyclic) bond motifs is 2. The Morgan fingerprint density at radius 2 is 2.25 bits per heavy atom. The molecule has 0 amide bonds. The first-order valence-electron chi connectivity index (χ1n) is 7.31. The summed E-state index contributed by atoms with van der Waals surface area (Å²) in [6.45, 7) is 0.958. The van der Waals surface area contributed by atoms with Crippen molar-refractivity contribution in [3.05, 3.63) is 35.4 Å². The first kappa shape index (κ1) is 14.0. The maximum Gasteiger partial charge on any atom is 0.0887 e. The zero-order valence-electron chi connectivity index (χ0n) is 11.9. The van der Waals surface area contributed by atoms with E-state index >= 15 is 0 Å². The smallest absolute Gasteiger partial charge is 0.0887 e. The molecule has 0 aliphatic carbocycles. The van der Waals surface area contributed by atoms with Crippen LogP contribution < -0.4 is 5.73 Å². The van der Waals surface area contributed by atoms with E-state index in [1.54, 1.807) is 7.11 Å². The summed E-state index contributed by atoms with van der Waals surface area (Å²) in [5.74, 6) is 0. The molecule has 2 heterocycles. The molecule has 0 saturated carbocycles. The number of hydrogen-bond acceptors (Lipinski definition) is 4. The van der Waals surface area contributed by atoms with E-state index in [4.69, 9.17) is 15.2 Å². The second kappa shape index (κ2) is 5.45. The van der Waals surface area contributed by atoms with Crippen LogP contribution in [0.3, 0.4) is 0 Å². The highest BCUT2D eigenvalue weighted by Crippen LogP contribution is 2.54. The van der Waals surface area contributed by atoms with Gasteiger partial charge in [0.15, 0.2) is 0 Å². The van der Waals surface area contributed by atoms with Crippen LogP contribution >= 0.6 is 0 Å². The van der Waals surface area contributed by atoms with Crippen LogP contribution in [0.5, 0.6) is 0 Å². The van der Waals surface area contributed by atoms with Gasteiger partial charge >= 0.3 is 0 Å². The lowest BCUT2D eigenvalue weighted by atomic mass is 9.68. The van der Waals surface area contributed by atoms with Crippen molar-refractivity contribution in [2.24, 2.45) is 11.1 Å². The number of hydrogen-bond donors (Lipinski definition) is 2. The standard InChI is InChI=1S/C16H23NO3/c1-19-9-11-4-2-3-5-13(11)15(18)16(10-17)8-12-6-7-14(16)20-12/h2-5,12,14-15,18H,6-10,17H2,1H3. The summed E-state index contributed by atoms with van der Waals surface area (Å²) >= 11 is 0. The number of aliphatic hydroxyl groups is 1. The Hall–Kier alpha value is -0.940. The Morgan fingerprint density at radius 3 is 2.85 bits per heavy atom. The molecule has 110 valence electrons. The van der Waals surface area contributed by atoms with Crippen molar-refractivity contribution in [3.63, 3.8) is 0 Å². The molecular formula is C16H23NO3. The van der Waals surface area contributed by atoms with Crippen LogP contribution in [0.4, 0.5) is 0 Å². The van der Waals surface area contributed by atoms with Crippen LogP contribution in [-0.4, -0.2) is 31.0 Å². The van der Waals surface area contributed by atoms with Crippen LogP contribution in [0.2, 0.25) is 0 Å². The summed E-state index contributed by atoms with van der Waals surface area (Å²) in [4.78, 5) is 0. The van der Waals surface area contributed by atoms with Crippen molar-refractivity contribution < 1.29 is 14.6 Å². The Bertz CT molecular complexity index is 479. The van der Waals surface area contributed by atoms with Gasteiger partial charge < -0.3 is 20.3 Å². The second-order valence-electron chi connectivity index (χ2n) is 6.00. The molecule has 0 spiro atoms. The molecule has 4 nitrogen and oxygen atoms in total. The van der Waals surface area contributed by atoms with Crippen molar-refractivity contribution in [2.45, 2.75) is 44.2 Å². The molecule has 3 N–H and O–H groups in total. The maximum atomic E-state index is 11.0. The van der Waals surface area contributed by atoms with E-state index in [0.717, 1.165) is 30.4 Å². The summed E-state index contributed by atoms with van der Waals surface area (Å²) < 4.78 is 11.2. The van der Waals surface area contributed by atoms with Gasteiger partial charge in [-0.05, 0) is 30.4 Å². The lowest BCUT2D eigenvalue weighted by molar-refractivity contribution is -0.0273. The van der Waals surface area contributed by atoms with Gasteiger partial charge in [0.05, 0.1) is 24.9 Å². The first-order chi connectivity index (χ1) is 9.71. The zero-order valence-corrected chi connectivity index (χ0v) is 11.9. The summed E-state index contributed by atoms with van der Waals surface area (Å²) in [5, 5.41) is 11.0. The van der Waals surface area contributed by atoms with E-state index in [1.807, 2.05) is 24.3 Å². The largest absolute Gasteiger partial charge is 0.388 e. The van der Waals surface area contributed by atoms with Gasteiger partial charge in [0.1, 0.15) is 0 Å². The van der Waals surface area contributed by atoms with E-state index in [1.165, 1.54) is 0 Å². The molecule has 2 saturated heterocycles. The minimum Gasteiger partial charge on any atom is -0.388 e. The number of aliphatic hydroxyl groups excluding tert-OH is 1. The summed E-state index contributed by atoms with van der Waals surface area (Å²) in [6.07, 6.45) is 2.73. The van der Waals surface area contributed by atoms with Crippen LogP contribution in [0, 0.1) is 5.41 Å². The van der Waals surface area contributed by atoms with Crippen LogP contribution in [0.25, 0.3) is 0 Å². The molecule has 2 bridgehead atoms. The predicted molar refractivity (Wildman–Crippen MR) is 76.1 cm³/mol. The van der Waals surface area contributed by atoms with E-state index in [9.17, 15) is 5.11 Å². The van der Waals surface area contributed by atoms with Crippen LogP contribution in [0.1, 0.15) is 36.5 Å². The monoisotopic (exact) mass is 277 g/mol. The molecule has 1 aromatic carbocycles. The molecule has 0 radical (unpaired) electrons. The zero-order chi connectivity index (χ0) is 14.2. The molecule has 4 unspecified atom stereocenters. The third-order valence-electron chi connectivity index (χ3n) is 4.93. The fourth-order valence-corrected chi connectivity index (χ4v) is 3.85. The molecule has 3 rings (SSSR count). The Morgan fingerprint density at radius 1 is 1.45 bits per heavy atom. The van der Waals surface area contributed by atoms with E-state index in [-0.39, 0.29) is 17.6 Å². The lowest BCUT2D eigenvalue weighted by Crippen LogP contribution is -2.44. The number of benzene rings is 1. The van der Waals surface area contributed by atoms with Crippen molar-refractivity contribution in [1.82, 2.24) is 0 Å². The van der Waals surface area contributed by atoms with E-state index in [0.29, 0.717) is 13.2 Å². The Balaban J connectivity index is 1.93. The van der Waals surface area contributed by atoms with Gasteiger partial charge in [-0.2, -0.15) is 0 Å². The number of ether oxygens (including phenoxy) is 2. The maximum absolute atomic E-state index is 11.0. The van der Waals surface area contributed by atoms with Gasteiger partial charge in [-0.15, -0.1) is 0 Å². The number of nitrogens with two attached hydrogens (primary N) is 1. The second-order valence-corrected chi connectivity index (χ2v) is 6.00. The number of rotatable bonds is 5. The molecule has 4 heteroatoms. The minimum absolute atomic E-state index is 0.0862. The summed E-state index contributed by atoms with van der Waals surface area (Å²) in [7, 11) is 1.67. The fraction of sp³-hybridized carbons (Fsp3) is 0.625. The predicted octanol–water partition coefficient (Wildman–Crippen LogP) is 1.76. The van der Waals surface area contributed by atoms with E-state index < -0.39 is 6.10 Å². The highest BCUT2D eigenvalue weighted by atomic mass is 16.5. The van der Waals surface area contributed by atoms with Crippen molar-refractivity contribution in [2.75, 3.05) is 13.7 Å². The molecular weight excluding hydrogens is 254 g/mol. The molecule has 2 aliphatic heterocycles. The molecule has 20 heavy (non-hydrogen) atoms. The average molecular weight is 277 g/mol. The van der Waals surface area contributed by atoms with Crippen LogP contribution in [0.15, 0.2) is 24.3 Å². The summed E-state index contributed by atoms with van der Waals surface area (Å²) in [6, 6.07) is 7.90. The van der Waals surface area contributed by atoms with Gasteiger partial charge in [0.2, 0.25) is 0 Å². The molecule has 2 aliphatic rings. The van der Waals surface area contributed by atoms with E-state index in [2.05, 4.69) is 0 Å². The molecule has 4 atom stereocenters. The van der Waals surface area contributed by atoms with Crippen molar-refractivity contribution in [3.8, 4) is 0 Å². The summed E-state index contributed by atoms with van der Waals surface area (Å²) in [5.41, 5.74) is 7.66. The normalized spacial score (nSPS) is 33.5. The lowest BCUT2D eigenvalue weighted by Gasteiger charge is -2.39. The first-order valence-corrected chi connectivity index (χ1v) is 7.31. The third kappa shape index (κ3) is 2.07. The molecule has 0 aromatic heterocycles. The van der Waals surface area contributed by atoms with Crippen molar-refractivity contribution >= 4 is 0 Å². The van der Waals surface area contributed by atoms with Gasteiger partial charge in [0, 0.05) is 19.1 Å². The van der Waals surface area contributed by atoms with Gasteiger partial charge in [-0.25, -0.2) is 0 Å². The highest BCUT2D eigenvalue weighted by molar-refractivity contribution is 5.31. The average Bonchev–Trinajstić information content (AvgIpc) is 3.08. The fourth-order valence-electron chi connectivity index (χ4n) is 3.85. The van der Waals surface area contributed by atoms with Crippen LogP contribution in [-0.2, 0) is 16.1 Å². The Kier molecular flexibility index (Phi) is 3.82. The van der Waals surface area contributed by atoms with Crippen molar-refractivity contribution in [1.29, 1.82) is 0 Å². The highest BCUT2D eigenvalue weighted by Gasteiger charge is 2.55. The number of methoxy groups -OCH3 is 1. The molecule has 1 aromatic rings. The molecule has 2 fully saturated rings. The minimum atomic E-state index is -0.589. The van der Waals surface area contributed by atoms with Gasteiger partial charge in [-0.1, -0.05) is 24.3 Å². The topological polar surface area (TPSA) is 64.7 Å². The van der Waals surface area contributed by atoms with Gasteiger partial charge in [-0.3, -0.25) is 0 Å². The van der Waals surface area contributed by atoms with Gasteiger partial charge in [0.25, 0.3) is 0 Å².